The fourth-order valence-electron chi connectivity index (χ4n) is 2.81. The van der Waals surface area contributed by atoms with E-state index in [2.05, 4.69) is 4.98 Å². The molecule has 6 heteroatoms. The summed E-state index contributed by atoms with van der Waals surface area (Å²) in [5.74, 6) is -0.912. The van der Waals surface area contributed by atoms with E-state index >= 15 is 0 Å². The van der Waals surface area contributed by atoms with Crippen LogP contribution in [0.5, 0.6) is 0 Å². The lowest BCUT2D eigenvalue weighted by molar-refractivity contribution is 0.0695. The highest BCUT2D eigenvalue weighted by molar-refractivity contribution is 5.93. The molecular formula is C15H17N3O3. The lowest BCUT2D eigenvalue weighted by Crippen LogP contribution is -2.35. The highest BCUT2D eigenvalue weighted by Gasteiger charge is 2.24. The van der Waals surface area contributed by atoms with Crippen molar-refractivity contribution >= 4 is 17.4 Å². The molecule has 0 bridgehead atoms. The molecule has 1 saturated heterocycles. The van der Waals surface area contributed by atoms with Crippen LogP contribution in [-0.2, 0) is 0 Å². The predicted molar refractivity (Wildman–Crippen MR) is 79.2 cm³/mol. The lowest BCUT2D eigenvalue weighted by Gasteiger charge is -2.28. The minimum Gasteiger partial charge on any atom is -0.477 e. The summed E-state index contributed by atoms with van der Waals surface area (Å²) in [6, 6.07) is 3.58. The van der Waals surface area contributed by atoms with Gasteiger partial charge in [0.15, 0.2) is 11.4 Å². The van der Waals surface area contributed by atoms with Crippen LogP contribution in [0.3, 0.4) is 0 Å². The van der Waals surface area contributed by atoms with Crippen molar-refractivity contribution in [3.63, 3.8) is 0 Å². The van der Waals surface area contributed by atoms with Gasteiger partial charge in [-0.3, -0.25) is 9.20 Å². The first-order valence-corrected chi connectivity index (χ1v) is 7.10. The maximum Gasteiger partial charge on any atom is 0.345 e. The molecule has 0 saturated carbocycles. The highest BCUT2D eigenvalue weighted by Crippen LogP contribution is 2.21. The Hall–Kier alpha value is -2.37. The van der Waals surface area contributed by atoms with Gasteiger partial charge in [0.1, 0.15) is 5.65 Å². The summed E-state index contributed by atoms with van der Waals surface area (Å²) >= 11 is 0. The number of pyridine rings is 1. The molecule has 1 N–H and O–H groups in total. The summed E-state index contributed by atoms with van der Waals surface area (Å²) in [6.45, 7) is 3.35. The van der Waals surface area contributed by atoms with Crippen LogP contribution >= 0.6 is 0 Å². The average molecular weight is 287 g/mol. The molecule has 1 fully saturated rings. The Bertz CT molecular complexity index is 761. The van der Waals surface area contributed by atoms with Crippen LogP contribution in [0.2, 0.25) is 0 Å². The molecule has 0 spiro atoms. The summed E-state index contributed by atoms with van der Waals surface area (Å²) in [5.41, 5.74) is 0.620. The number of hydrogen-bond donors (Lipinski definition) is 1. The molecule has 0 radical (unpaired) electrons. The van der Waals surface area contributed by atoms with Crippen LogP contribution in [-0.4, -0.2) is 33.6 Å². The number of fused-ring (bicyclic) bond motifs is 1. The molecular weight excluding hydrogens is 270 g/mol. The first-order chi connectivity index (χ1) is 10.1. The predicted octanol–water partition coefficient (Wildman–Crippen LogP) is 1.69. The molecule has 110 valence electrons. The molecule has 1 aliphatic heterocycles. The van der Waals surface area contributed by atoms with E-state index in [0.717, 1.165) is 37.9 Å². The van der Waals surface area contributed by atoms with Crippen molar-refractivity contribution < 1.29 is 9.90 Å². The first-order valence-electron chi connectivity index (χ1n) is 7.10. The molecule has 3 heterocycles. The van der Waals surface area contributed by atoms with Crippen molar-refractivity contribution in [1.82, 2.24) is 9.38 Å². The molecule has 2 aromatic heterocycles. The average Bonchev–Trinajstić information content (AvgIpc) is 2.48. The third-order valence-electron chi connectivity index (χ3n) is 3.90. The van der Waals surface area contributed by atoms with E-state index in [-0.39, 0.29) is 5.56 Å². The topological polar surface area (TPSA) is 74.9 Å². The van der Waals surface area contributed by atoms with Gasteiger partial charge in [-0.15, -0.1) is 0 Å². The molecule has 21 heavy (non-hydrogen) atoms. The van der Waals surface area contributed by atoms with Crippen LogP contribution in [0.4, 0.5) is 5.82 Å². The van der Waals surface area contributed by atoms with Crippen molar-refractivity contribution in [3.8, 4) is 0 Å². The Labute approximate surface area is 121 Å². The summed E-state index contributed by atoms with van der Waals surface area (Å²) in [4.78, 5) is 30.4. The second-order valence-electron chi connectivity index (χ2n) is 5.35. The fraction of sp³-hybridized carbons (Fsp3) is 0.400. The number of aromatic nitrogens is 2. The Kier molecular flexibility index (Phi) is 3.37. The first kappa shape index (κ1) is 13.6. The maximum absolute atomic E-state index is 12.5. The molecule has 0 aromatic carbocycles. The number of carboxylic acid groups (broad SMARTS) is 1. The van der Waals surface area contributed by atoms with Gasteiger partial charge in [-0.1, -0.05) is 6.07 Å². The van der Waals surface area contributed by atoms with E-state index in [1.54, 1.807) is 12.3 Å². The fourth-order valence-corrected chi connectivity index (χ4v) is 2.81. The Morgan fingerprint density at radius 1 is 1.29 bits per heavy atom. The van der Waals surface area contributed by atoms with Gasteiger partial charge in [-0.25, -0.2) is 9.78 Å². The van der Waals surface area contributed by atoms with Gasteiger partial charge in [0.05, 0.1) is 0 Å². The zero-order valence-electron chi connectivity index (χ0n) is 11.9. The smallest absolute Gasteiger partial charge is 0.345 e. The number of rotatable bonds is 2. The summed E-state index contributed by atoms with van der Waals surface area (Å²) in [7, 11) is 0. The van der Waals surface area contributed by atoms with E-state index in [0.29, 0.717) is 11.5 Å². The van der Waals surface area contributed by atoms with Crippen molar-refractivity contribution in [2.24, 2.45) is 0 Å². The van der Waals surface area contributed by atoms with E-state index < -0.39 is 11.5 Å². The van der Waals surface area contributed by atoms with Crippen molar-refractivity contribution in [2.45, 2.75) is 26.2 Å². The van der Waals surface area contributed by atoms with Crippen molar-refractivity contribution in [2.75, 3.05) is 18.0 Å². The number of carboxylic acids is 1. The summed E-state index contributed by atoms with van der Waals surface area (Å²) in [5, 5.41) is 9.43. The van der Waals surface area contributed by atoms with Crippen molar-refractivity contribution in [3.05, 3.63) is 39.8 Å². The minimum atomic E-state index is -1.22. The SMILES string of the molecule is Cc1cccn2c(=O)c(C(=O)O)c(N3CCCCC3)nc12. The summed E-state index contributed by atoms with van der Waals surface area (Å²) < 4.78 is 1.31. The Balaban J connectivity index is 2.30. The molecule has 0 amide bonds. The van der Waals surface area contributed by atoms with Gasteiger partial charge >= 0.3 is 5.97 Å². The standard InChI is InChI=1S/C15H17N3O3/c1-10-6-5-9-18-12(10)16-13(11(14(18)19)15(20)21)17-7-3-2-4-8-17/h5-6,9H,2-4,7-8H2,1H3,(H,20,21). The Morgan fingerprint density at radius 3 is 2.67 bits per heavy atom. The highest BCUT2D eigenvalue weighted by atomic mass is 16.4. The van der Waals surface area contributed by atoms with Gasteiger partial charge in [-0.2, -0.15) is 0 Å². The molecule has 6 nitrogen and oxygen atoms in total. The number of anilines is 1. The number of carbonyl (C=O) groups is 1. The van der Waals surface area contributed by atoms with Gasteiger partial charge in [0.25, 0.3) is 5.56 Å². The zero-order valence-corrected chi connectivity index (χ0v) is 11.9. The molecule has 0 unspecified atom stereocenters. The van der Waals surface area contributed by atoms with Crippen LogP contribution in [0.1, 0.15) is 35.2 Å². The Morgan fingerprint density at radius 2 is 2.00 bits per heavy atom. The van der Waals surface area contributed by atoms with E-state index in [1.807, 2.05) is 17.9 Å². The normalized spacial score (nSPS) is 15.4. The number of piperidine rings is 1. The number of aryl methyl sites for hydroxylation is 1. The zero-order chi connectivity index (χ0) is 15.0. The summed E-state index contributed by atoms with van der Waals surface area (Å²) in [6.07, 6.45) is 4.68. The molecule has 3 rings (SSSR count). The quantitative estimate of drug-likeness (QED) is 0.909. The molecule has 2 aromatic rings. The molecule has 0 aliphatic carbocycles. The lowest BCUT2D eigenvalue weighted by atomic mass is 10.1. The van der Waals surface area contributed by atoms with Crippen LogP contribution in [0.15, 0.2) is 23.1 Å². The molecule has 1 aliphatic rings. The third kappa shape index (κ3) is 2.26. The van der Waals surface area contributed by atoms with Gasteiger partial charge < -0.3 is 10.0 Å². The molecule has 0 atom stereocenters. The third-order valence-corrected chi connectivity index (χ3v) is 3.90. The second-order valence-corrected chi connectivity index (χ2v) is 5.35. The van der Waals surface area contributed by atoms with E-state index in [4.69, 9.17) is 0 Å². The monoisotopic (exact) mass is 287 g/mol. The minimum absolute atomic E-state index is 0.236. The van der Waals surface area contributed by atoms with Gasteiger partial charge in [-0.05, 0) is 37.8 Å². The van der Waals surface area contributed by atoms with Crippen LogP contribution in [0, 0.1) is 6.92 Å². The number of nitrogens with zero attached hydrogens (tertiary/aromatic N) is 3. The van der Waals surface area contributed by atoms with E-state index in [9.17, 15) is 14.7 Å². The van der Waals surface area contributed by atoms with E-state index in [1.165, 1.54) is 4.40 Å². The maximum atomic E-state index is 12.5. The number of hydrogen-bond acceptors (Lipinski definition) is 4. The van der Waals surface area contributed by atoms with Gasteiger partial charge in [0.2, 0.25) is 0 Å². The second kappa shape index (κ2) is 5.20. The van der Waals surface area contributed by atoms with Crippen LogP contribution < -0.4 is 10.5 Å². The van der Waals surface area contributed by atoms with Crippen LogP contribution in [0.25, 0.3) is 5.65 Å². The largest absolute Gasteiger partial charge is 0.477 e. The van der Waals surface area contributed by atoms with Gasteiger partial charge in [0, 0.05) is 19.3 Å². The van der Waals surface area contributed by atoms with Crippen molar-refractivity contribution in [1.29, 1.82) is 0 Å². The number of aromatic carboxylic acids is 1.